The minimum atomic E-state index is -0.237. The van der Waals surface area contributed by atoms with Crippen molar-refractivity contribution in [1.82, 2.24) is 15.2 Å². The lowest BCUT2D eigenvalue weighted by atomic mass is 10.1. The SMILES string of the molecule is COc1ccc2cc(CNC(=O)N(C)C)c(=O)[nH]c2c1. The quantitative estimate of drug-likeness (QED) is 0.887. The van der Waals surface area contributed by atoms with Crippen molar-refractivity contribution in [3.8, 4) is 5.75 Å². The lowest BCUT2D eigenvalue weighted by Crippen LogP contribution is -2.35. The first-order valence-electron chi connectivity index (χ1n) is 6.16. The lowest BCUT2D eigenvalue weighted by Gasteiger charge is -2.12. The first kappa shape index (κ1) is 13.9. The number of H-pyrrole nitrogens is 1. The average Bonchev–Trinajstić information content (AvgIpc) is 2.43. The number of urea groups is 1. The second kappa shape index (κ2) is 5.64. The summed E-state index contributed by atoms with van der Waals surface area (Å²) in [6.07, 6.45) is 0. The van der Waals surface area contributed by atoms with Crippen LogP contribution in [0, 0.1) is 0 Å². The van der Waals surface area contributed by atoms with Crippen molar-refractivity contribution in [2.75, 3.05) is 21.2 Å². The van der Waals surface area contributed by atoms with E-state index in [1.165, 1.54) is 4.90 Å². The zero-order valence-corrected chi connectivity index (χ0v) is 11.7. The molecule has 0 saturated heterocycles. The molecule has 20 heavy (non-hydrogen) atoms. The zero-order valence-electron chi connectivity index (χ0n) is 11.7. The van der Waals surface area contributed by atoms with Crippen LogP contribution in [0.1, 0.15) is 5.56 Å². The largest absolute Gasteiger partial charge is 0.497 e. The number of aromatic nitrogens is 1. The Bertz CT molecular complexity index is 692. The van der Waals surface area contributed by atoms with Gasteiger partial charge < -0.3 is 19.9 Å². The van der Waals surface area contributed by atoms with Crippen LogP contribution in [0.2, 0.25) is 0 Å². The number of pyridine rings is 1. The van der Waals surface area contributed by atoms with E-state index in [2.05, 4.69) is 10.3 Å². The number of hydrogen-bond donors (Lipinski definition) is 2. The molecule has 0 atom stereocenters. The van der Waals surface area contributed by atoms with Crippen molar-refractivity contribution in [1.29, 1.82) is 0 Å². The predicted octanol–water partition coefficient (Wildman–Crippen LogP) is 1.31. The molecule has 2 amide bonds. The van der Waals surface area contributed by atoms with Gasteiger partial charge in [-0.05, 0) is 23.6 Å². The highest BCUT2D eigenvalue weighted by Gasteiger charge is 2.07. The minimum Gasteiger partial charge on any atom is -0.497 e. The number of nitrogens with one attached hydrogen (secondary N) is 2. The summed E-state index contributed by atoms with van der Waals surface area (Å²) in [6, 6.07) is 6.98. The number of carbonyl (C=O) groups is 1. The van der Waals surface area contributed by atoms with E-state index in [1.807, 2.05) is 12.1 Å². The van der Waals surface area contributed by atoms with E-state index >= 15 is 0 Å². The van der Waals surface area contributed by atoms with Crippen LogP contribution >= 0.6 is 0 Å². The highest BCUT2D eigenvalue weighted by molar-refractivity contribution is 5.80. The molecular formula is C14H17N3O3. The third-order valence-corrected chi connectivity index (χ3v) is 2.97. The zero-order chi connectivity index (χ0) is 14.7. The van der Waals surface area contributed by atoms with E-state index in [-0.39, 0.29) is 18.1 Å². The molecule has 2 aromatic rings. The highest BCUT2D eigenvalue weighted by Crippen LogP contribution is 2.18. The van der Waals surface area contributed by atoms with Crippen molar-refractivity contribution in [3.05, 3.63) is 40.2 Å². The van der Waals surface area contributed by atoms with Gasteiger partial charge in [-0.1, -0.05) is 0 Å². The average molecular weight is 275 g/mol. The summed E-state index contributed by atoms with van der Waals surface area (Å²) in [7, 11) is 4.86. The van der Waals surface area contributed by atoms with Gasteiger partial charge in [0, 0.05) is 32.3 Å². The number of nitrogens with zero attached hydrogens (tertiary/aromatic N) is 1. The summed E-state index contributed by atoms with van der Waals surface area (Å²) in [4.78, 5) is 27.6. The van der Waals surface area contributed by atoms with Gasteiger partial charge in [0.05, 0.1) is 12.6 Å². The third kappa shape index (κ3) is 2.90. The molecule has 6 heteroatoms. The van der Waals surface area contributed by atoms with Crippen LogP contribution in [-0.4, -0.2) is 37.1 Å². The molecule has 1 heterocycles. The lowest BCUT2D eigenvalue weighted by molar-refractivity contribution is 0.217. The summed E-state index contributed by atoms with van der Waals surface area (Å²) in [5, 5.41) is 3.56. The van der Waals surface area contributed by atoms with Crippen molar-refractivity contribution < 1.29 is 9.53 Å². The van der Waals surface area contributed by atoms with Gasteiger partial charge in [-0.2, -0.15) is 0 Å². The highest BCUT2D eigenvalue weighted by atomic mass is 16.5. The molecule has 1 aromatic heterocycles. The van der Waals surface area contributed by atoms with Crippen LogP contribution in [0.5, 0.6) is 5.75 Å². The number of aromatic amines is 1. The molecule has 0 radical (unpaired) electrons. The molecule has 106 valence electrons. The Hall–Kier alpha value is -2.50. The maximum absolute atomic E-state index is 12.0. The van der Waals surface area contributed by atoms with E-state index < -0.39 is 0 Å². The molecule has 0 saturated carbocycles. The van der Waals surface area contributed by atoms with Gasteiger partial charge >= 0.3 is 6.03 Å². The Kier molecular flexibility index (Phi) is 3.93. The Balaban J connectivity index is 2.29. The van der Waals surface area contributed by atoms with Gasteiger partial charge in [0.1, 0.15) is 5.75 Å². The topological polar surface area (TPSA) is 74.4 Å². The summed E-state index contributed by atoms with van der Waals surface area (Å²) in [6.45, 7) is 0.189. The maximum Gasteiger partial charge on any atom is 0.317 e. The number of carbonyl (C=O) groups excluding carboxylic acids is 1. The number of hydrogen-bond acceptors (Lipinski definition) is 3. The molecule has 0 fully saturated rings. The molecule has 0 aliphatic rings. The van der Waals surface area contributed by atoms with Gasteiger partial charge in [-0.15, -0.1) is 0 Å². The van der Waals surface area contributed by atoms with Crippen molar-refractivity contribution >= 4 is 16.9 Å². The van der Waals surface area contributed by atoms with Crippen LogP contribution < -0.4 is 15.6 Å². The van der Waals surface area contributed by atoms with Gasteiger partial charge in [-0.25, -0.2) is 4.79 Å². The summed E-state index contributed by atoms with van der Waals surface area (Å²) >= 11 is 0. The normalized spacial score (nSPS) is 10.3. The molecule has 2 N–H and O–H groups in total. The van der Waals surface area contributed by atoms with E-state index in [0.29, 0.717) is 16.8 Å². The van der Waals surface area contributed by atoms with Gasteiger partial charge in [-0.3, -0.25) is 4.79 Å². The second-order valence-corrected chi connectivity index (χ2v) is 4.63. The second-order valence-electron chi connectivity index (χ2n) is 4.63. The number of fused-ring (bicyclic) bond motifs is 1. The Labute approximate surface area is 116 Å². The number of rotatable bonds is 3. The molecule has 1 aromatic carbocycles. The number of methoxy groups -OCH3 is 1. The fourth-order valence-corrected chi connectivity index (χ4v) is 1.81. The fourth-order valence-electron chi connectivity index (χ4n) is 1.81. The number of ether oxygens (including phenoxy) is 1. The molecular weight excluding hydrogens is 258 g/mol. The number of amides is 2. The molecule has 6 nitrogen and oxygen atoms in total. The van der Waals surface area contributed by atoms with Crippen LogP contribution in [0.4, 0.5) is 4.79 Å². The molecule has 0 aliphatic carbocycles. The van der Waals surface area contributed by atoms with Crippen LogP contribution in [0.15, 0.2) is 29.1 Å². The first-order valence-corrected chi connectivity index (χ1v) is 6.16. The maximum atomic E-state index is 12.0. The van der Waals surface area contributed by atoms with E-state index in [9.17, 15) is 9.59 Å². The summed E-state index contributed by atoms with van der Waals surface area (Å²) in [5.41, 5.74) is 1.000. The van der Waals surface area contributed by atoms with Crippen LogP contribution in [0.25, 0.3) is 10.9 Å². The van der Waals surface area contributed by atoms with E-state index in [1.54, 1.807) is 33.3 Å². The fraction of sp³-hybridized carbons (Fsp3) is 0.286. The van der Waals surface area contributed by atoms with Gasteiger partial charge in [0.2, 0.25) is 0 Å². The number of benzene rings is 1. The van der Waals surface area contributed by atoms with E-state index in [4.69, 9.17) is 4.74 Å². The molecule has 2 rings (SSSR count). The molecule has 0 spiro atoms. The van der Waals surface area contributed by atoms with Crippen molar-refractivity contribution in [2.24, 2.45) is 0 Å². The smallest absolute Gasteiger partial charge is 0.317 e. The molecule has 0 aliphatic heterocycles. The minimum absolute atomic E-state index is 0.189. The monoisotopic (exact) mass is 275 g/mol. The summed E-state index contributed by atoms with van der Waals surface area (Å²) < 4.78 is 5.11. The van der Waals surface area contributed by atoms with Gasteiger partial charge in [0.15, 0.2) is 0 Å². The van der Waals surface area contributed by atoms with Crippen LogP contribution in [0.3, 0.4) is 0 Å². The Morgan fingerprint density at radius 3 is 2.75 bits per heavy atom. The summed E-state index contributed by atoms with van der Waals surface area (Å²) in [5.74, 6) is 0.682. The Morgan fingerprint density at radius 1 is 1.35 bits per heavy atom. The van der Waals surface area contributed by atoms with Gasteiger partial charge in [0.25, 0.3) is 5.56 Å². The third-order valence-electron chi connectivity index (χ3n) is 2.97. The van der Waals surface area contributed by atoms with Crippen LogP contribution in [-0.2, 0) is 6.54 Å². The first-order chi connectivity index (χ1) is 9.51. The van der Waals surface area contributed by atoms with Crippen molar-refractivity contribution in [3.63, 3.8) is 0 Å². The predicted molar refractivity (Wildman–Crippen MR) is 77.0 cm³/mol. The standard InChI is InChI=1S/C14H17N3O3/c1-17(2)14(19)15-8-10-6-9-4-5-11(20-3)7-12(9)16-13(10)18/h4-7H,8H2,1-3H3,(H,15,19)(H,16,18). The van der Waals surface area contributed by atoms with Crippen molar-refractivity contribution in [2.45, 2.75) is 6.54 Å². The molecule has 0 bridgehead atoms. The Morgan fingerprint density at radius 2 is 2.10 bits per heavy atom. The van der Waals surface area contributed by atoms with E-state index in [0.717, 1.165) is 5.39 Å². The molecule has 0 unspecified atom stereocenters.